The molecule has 5 heteroatoms. The van der Waals surface area contributed by atoms with Crippen LogP contribution < -0.4 is 4.90 Å². The summed E-state index contributed by atoms with van der Waals surface area (Å²) in [6, 6.07) is 17.6. The van der Waals surface area contributed by atoms with Crippen molar-refractivity contribution < 1.29 is 19.1 Å². The summed E-state index contributed by atoms with van der Waals surface area (Å²) in [5.74, 6) is -1.32. The second-order valence-corrected chi connectivity index (χ2v) is 6.37. The highest BCUT2D eigenvalue weighted by molar-refractivity contribution is 6.35. The van der Waals surface area contributed by atoms with Crippen LogP contribution in [0.2, 0.25) is 0 Å². The first kappa shape index (κ1) is 17.0. The topological polar surface area (TPSA) is 63.7 Å². The van der Waals surface area contributed by atoms with E-state index in [1.54, 1.807) is 6.07 Å². The minimum Gasteiger partial charge on any atom is -0.462 e. The zero-order valence-corrected chi connectivity index (χ0v) is 14.8. The van der Waals surface area contributed by atoms with Crippen LogP contribution in [0.15, 0.2) is 60.7 Å². The Morgan fingerprint density at radius 3 is 2.41 bits per heavy atom. The van der Waals surface area contributed by atoms with Crippen LogP contribution in [0, 0.1) is 0 Å². The van der Waals surface area contributed by atoms with Crippen LogP contribution in [0.1, 0.15) is 44.4 Å². The van der Waals surface area contributed by atoms with E-state index in [1.807, 2.05) is 43.3 Å². The van der Waals surface area contributed by atoms with E-state index >= 15 is 0 Å². The number of imide groups is 1. The number of carbonyl (C=O) groups excluding carboxylic acids is 3. The molecule has 0 spiro atoms. The molecule has 0 bridgehead atoms. The number of hydrogen-bond donors (Lipinski definition) is 0. The van der Waals surface area contributed by atoms with E-state index in [1.165, 1.54) is 18.2 Å². The molecular weight excluding hydrogens is 342 g/mol. The van der Waals surface area contributed by atoms with Gasteiger partial charge in [0.1, 0.15) is 0 Å². The number of rotatable bonds is 4. The van der Waals surface area contributed by atoms with Gasteiger partial charge in [-0.1, -0.05) is 37.3 Å². The van der Waals surface area contributed by atoms with Gasteiger partial charge in [-0.05, 0) is 47.5 Å². The lowest BCUT2D eigenvalue weighted by atomic mass is 10.1. The van der Waals surface area contributed by atoms with Crippen LogP contribution in [-0.2, 0) is 4.74 Å². The molecule has 1 aliphatic heterocycles. The summed E-state index contributed by atoms with van der Waals surface area (Å²) in [7, 11) is 0. The summed E-state index contributed by atoms with van der Waals surface area (Å²) in [4.78, 5) is 38.9. The number of amides is 2. The van der Waals surface area contributed by atoms with Gasteiger partial charge in [-0.3, -0.25) is 9.59 Å². The molecule has 0 saturated heterocycles. The van der Waals surface area contributed by atoms with Crippen molar-refractivity contribution in [2.45, 2.75) is 13.3 Å². The Bertz CT molecular complexity index is 1090. The van der Waals surface area contributed by atoms with Gasteiger partial charge in [0.05, 0.1) is 29.0 Å². The van der Waals surface area contributed by atoms with Gasteiger partial charge in [-0.2, -0.15) is 0 Å². The maximum atomic E-state index is 12.9. The number of nitrogens with zero attached hydrogens (tertiary/aromatic N) is 1. The summed E-state index contributed by atoms with van der Waals surface area (Å²) in [6.07, 6.45) is 0.712. The largest absolute Gasteiger partial charge is 0.462 e. The first-order chi connectivity index (χ1) is 13.1. The van der Waals surface area contributed by atoms with Crippen molar-refractivity contribution in [3.63, 3.8) is 0 Å². The molecule has 3 aromatic rings. The molecular formula is C22H17NO4. The number of benzene rings is 3. The summed E-state index contributed by atoms with van der Waals surface area (Å²) < 4.78 is 5.11. The minimum absolute atomic E-state index is 0.221. The Morgan fingerprint density at radius 2 is 1.63 bits per heavy atom. The van der Waals surface area contributed by atoms with Gasteiger partial charge in [0.25, 0.3) is 11.8 Å². The Hall–Kier alpha value is -3.47. The number of fused-ring (bicyclic) bond motifs is 2. The zero-order valence-electron chi connectivity index (χ0n) is 14.8. The SMILES string of the molecule is CCCOC(=O)c1ccc2c(c1)C(=O)N(c1ccc3ccccc3c1)C2=O. The van der Waals surface area contributed by atoms with Crippen LogP contribution in [-0.4, -0.2) is 24.4 Å². The molecule has 134 valence electrons. The first-order valence-corrected chi connectivity index (χ1v) is 8.79. The Kier molecular flexibility index (Phi) is 4.20. The van der Waals surface area contributed by atoms with Crippen molar-refractivity contribution >= 4 is 34.2 Å². The van der Waals surface area contributed by atoms with Crippen molar-refractivity contribution in [1.29, 1.82) is 0 Å². The summed E-state index contributed by atoms with van der Waals surface area (Å²) in [5.41, 5.74) is 1.29. The smallest absolute Gasteiger partial charge is 0.338 e. The Morgan fingerprint density at radius 1 is 0.889 bits per heavy atom. The molecule has 27 heavy (non-hydrogen) atoms. The fourth-order valence-electron chi connectivity index (χ4n) is 3.20. The molecule has 0 saturated carbocycles. The van der Waals surface area contributed by atoms with E-state index in [0.717, 1.165) is 15.7 Å². The van der Waals surface area contributed by atoms with Gasteiger partial charge < -0.3 is 4.74 Å². The standard InChI is InChI=1S/C22H17NO4/c1-2-11-27-22(26)16-8-10-18-19(13-16)21(25)23(20(18)24)17-9-7-14-5-3-4-6-15(14)12-17/h3-10,12-13H,2,11H2,1H3. The number of anilines is 1. The third-order valence-electron chi connectivity index (χ3n) is 4.55. The maximum absolute atomic E-state index is 12.9. The van der Waals surface area contributed by atoms with Crippen molar-refractivity contribution in [2.24, 2.45) is 0 Å². The fraction of sp³-hybridized carbons (Fsp3) is 0.136. The fourth-order valence-corrected chi connectivity index (χ4v) is 3.20. The van der Waals surface area contributed by atoms with E-state index in [-0.39, 0.29) is 11.1 Å². The van der Waals surface area contributed by atoms with Crippen molar-refractivity contribution in [2.75, 3.05) is 11.5 Å². The minimum atomic E-state index is -0.496. The molecule has 0 N–H and O–H groups in total. The second-order valence-electron chi connectivity index (χ2n) is 6.37. The lowest BCUT2D eigenvalue weighted by Gasteiger charge is -2.14. The van der Waals surface area contributed by atoms with E-state index in [9.17, 15) is 14.4 Å². The molecule has 4 rings (SSSR count). The lowest BCUT2D eigenvalue weighted by molar-refractivity contribution is 0.0505. The van der Waals surface area contributed by atoms with Crippen LogP contribution >= 0.6 is 0 Å². The summed E-state index contributed by atoms with van der Waals surface area (Å²) >= 11 is 0. The number of esters is 1. The molecule has 0 aliphatic carbocycles. The molecule has 0 fully saturated rings. The average molecular weight is 359 g/mol. The zero-order chi connectivity index (χ0) is 19.0. The van der Waals surface area contributed by atoms with E-state index in [0.29, 0.717) is 24.3 Å². The van der Waals surface area contributed by atoms with Gasteiger partial charge in [0, 0.05) is 0 Å². The molecule has 5 nitrogen and oxygen atoms in total. The van der Waals surface area contributed by atoms with Gasteiger partial charge in [-0.25, -0.2) is 9.69 Å². The number of carbonyl (C=O) groups is 3. The van der Waals surface area contributed by atoms with Crippen molar-refractivity contribution in [3.8, 4) is 0 Å². The third-order valence-corrected chi connectivity index (χ3v) is 4.55. The van der Waals surface area contributed by atoms with Gasteiger partial charge in [0.2, 0.25) is 0 Å². The predicted octanol–water partition coefficient (Wildman–Crippen LogP) is 4.21. The third kappa shape index (κ3) is 2.87. The molecule has 1 heterocycles. The van der Waals surface area contributed by atoms with Crippen LogP contribution in [0.5, 0.6) is 0 Å². The maximum Gasteiger partial charge on any atom is 0.338 e. The van der Waals surface area contributed by atoms with Gasteiger partial charge in [-0.15, -0.1) is 0 Å². The van der Waals surface area contributed by atoms with E-state index in [2.05, 4.69) is 0 Å². The van der Waals surface area contributed by atoms with E-state index < -0.39 is 17.8 Å². The summed E-state index contributed by atoms with van der Waals surface area (Å²) in [5, 5.41) is 1.97. The first-order valence-electron chi connectivity index (χ1n) is 8.79. The highest BCUT2D eigenvalue weighted by Gasteiger charge is 2.37. The molecule has 3 aromatic carbocycles. The summed E-state index contributed by atoms with van der Waals surface area (Å²) in [6.45, 7) is 2.21. The number of ether oxygens (including phenoxy) is 1. The molecule has 0 atom stereocenters. The average Bonchev–Trinajstić information content (AvgIpc) is 2.95. The van der Waals surface area contributed by atoms with Gasteiger partial charge >= 0.3 is 5.97 Å². The van der Waals surface area contributed by atoms with Crippen LogP contribution in [0.3, 0.4) is 0 Å². The highest BCUT2D eigenvalue weighted by Crippen LogP contribution is 2.31. The van der Waals surface area contributed by atoms with Crippen molar-refractivity contribution in [1.82, 2.24) is 0 Å². The number of hydrogen-bond acceptors (Lipinski definition) is 4. The molecule has 1 aliphatic rings. The molecule has 0 radical (unpaired) electrons. The molecule has 0 unspecified atom stereocenters. The quantitative estimate of drug-likeness (QED) is 0.517. The van der Waals surface area contributed by atoms with Crippen LogP contribution in [0.25, 0.3) is 10.8 Å². The lowest BCUT2D eigenvalue weighted by Crippen LogP contribution is -2.29. The highest BCUT2D eigenvalue weighted by atomic mass is 16.5. The molecule has 2 amide bonds. The Balaban J connectivity index is 1.70. The van der Waals surface area contributed by atoms with Crippen molar-refractivity contribution in [3.05, 3.63) is 77.4 Å². The monoisotopic (exact) mass is 359 g/mol. The van der Waals surface area contributed by atoms with Crippen LogP contribution in [0.4, 0.5) is 5.69 Å². The predicted molar refractivity (Wildman–Crippen MR) is 102 cm³/mol. The molecule has 0 aromatic heterocycles. The second kappa shape index (κ2) is 6.68. The van der Waals surface area contributed by atoms with Gasteiger partial charge in [0.15, 0.2) is 0 Å². The normalized spacial score (nSPS) is 13.1. The van der Waals surface area contributed by atoms with E-state index in [4.69, 9.17) is 4.74 Å². The Labute approximate surface area is 156 Å².